The topological polar surface area (TPSA) is 55.2 Å². The molecule has 0 spiro atoms. The minimum atomic E-state index is -0.594. The van der Waals surface area contributed by atoms with E-state index < -0.39 is 10.7 Å². The van der Waals surface area contributed by atoms with Crippen molar-refractivity contribution in [2.24, 2.45) is 10.8 Å². The van der Waals surface area contributed by atoms with Crippen molar-refractivity contribution in [3.8, 4) is 0 Å². The van der Waals surface area contributed by atoms with Gasteiger partial charge in [0.15, 0.2) is 0 Å². The number of benzene rings is 1. The standard InChI is InChI=1S/C13H17FN2O2/c1-12(2)11(13(12,3)4)15-9-5-8(14)6-10(7-9)16(17)18/h5-7,11,15H,1-4H3. The fraction of sp³-hybridized carbons (Fsp3) is 0.538. The van der Waals surface area contributed by atoms with E-state index in [1.807, 2.05) is 0 Å². The van der Waals surface area contributed by atoms with Crippen molar-refractivity contribution in [2.75, 3.05) is 5.32 Å². The molecule has 0 aromatic heterocycles. The first-order valence-electron chi connectivity index (χ1n) is 5.88. The average Bonchev–Trinajstić information content (AvgIpc) is 2.60. The van der Waals surface area contributed by atoms with Crippen molar-refractivity contribution in [2.45, 2.75) is 33.7 Å². The number of anilines is 1. The van der Waals surface area contributed by atoms with Crippen LogP contribution in [0.25, 0.3) is 0 Å². The number of rotatable bonds is 3. The summed E-state index contributed by atoms with van der Waals surface area (Å²) in [7, 11) is 0. The van der Waals surface area contributed by atoms with E-state index in [1.54, 1.807) is 0 Å². The molecule has 5 heteroatoms. The van der Waals surface area contributed by atoms with Crippen LogP contribution in [0.3, 0.4) is 0 Å². The van der Waals surface area contributed by atoms with E-state index >= 15 is 0 Å². The second kappa shape index (κ2) is 3.67. The van der Waals surface area contributed by atoms with Gasteiger partial charge in [-0.05, 0) is 16.9 Å². The molecule has 0 saturated heterocycles. The van der Waals surface area contributed by atoms with Crippen molar-refractivity contribution < 1.29 is 9.31 Å². The molecule has 1 N–H and O–H groups in total. The molecular weight excluding hydrogens is 235 g/mol. The molecule has 1 aromatic rings. The van der Waals surface area contributed by atoms with Crippen LogP contribution in [0.4, 0.5) is 15.8 Å². The van der Waals surface area contributed by atoms with Gasteiger partial charge >= 0.3 is 0 Å². The van der Waals surface area contributed by atoms with E-state index in [2.05, 4.69) is 33.0 Å². The number of nitro groups is 1. The van der Waals surface area contributed by atoms with Crippen molar-refractivity contribution in [3.63, 3.8) is 0 Å². The highest BCUT2D eigenvalue weighted by Gasteiger charge is 2.64. The van der Waals surface area contributed by atoms with E-state index in [1.165, 1.54) is 12.1 Å². The molecule has 18 heavy (non-hydrogen) atoms. The van der Waals surface area contributed by atoms with Crippen molar-refractivity contribution in [1.82, 2.24) is 0 Å². The zero-order chi connectivity index (χ0) is 13.7. The number of hydrogen-bond acceptors (Lipinski definition) is 3. The third kappa shape index (κ3) is 1.83. The lowest BCUT2D eigenvalue weighted by molar-refractivity contribution is -0.385. The predicted octanol–water partition coefficient (Wildman–Crippen LogP) is 3.58. The third-order valence-electron chi connectivity index (χ3n) is 4.43. The minimum absolute atomic E-state index is 0.0914. The number of hydrogen-bond donors (Lipinski definition) is 1. The van der Waals surface area contributed by atoms with Crippen LogP contribution in [-0.4, -0.2) is 11.0 Å². The van der Waals surface area contributed by atoms with Crippen LogP contribution in [0.15, 0.2) is 18.2 Å². The van der Waals surface area contributed by atoms with Crippen LogP contribution < -0.4 is 5.32 Å². The largest absolute Gasteiger partial charge is 0.381 e. The summed E-state index contributed by atoms with van der Waals surface area (Å²) in [5, 5.41) is 13.9. The quantitative estimate of drug-likeness (QED) is 0.660. The monoisotopic (exact) mass is 252 g/mol. The Morgan fingerprint density at radius 1 is 1.22 bits per heavy atom. The highest BCUT2D eigenvalue weighted by atomic mass is 19.1. The second-order valence-corrected chi connectivity index (χ2v) is 5.98. The number of nitrogens with zero attached hydrogens (tertiary/aromatic N) is 1. The van der Waals surface area contributed by atoms with E-state index in [4.69, 9.17) is 0 Å². The summed E-state index contributed by atoms with van der Waals surface area (Å²) < 4.78 is 13.3. The molecule has 1 saturated carbocycles. The first-order chi connectivity index (χ1) is 8.16. The first-order valence-corrected chi connectivity index (χ1v) is 5.88. The molecule has 1 aliphatic rings. The lowest BCUT2D eigenvalue weighted by atomic mass is 10.0. The average molecular weight is 252 g/mol. The van der Waals surface area contributed by atoms with Crippen LogP contribution in [0.5, 0.6) is 0 Å². The molecule has 1 aromatic carbocycles. The highest BCUT2D eigenvalue weighted by Crippen LogP contribution is 2.63. The normalized spacial score (nSPS) is 20.5. The van der Waals surface area contributed by atoms with Gasteiger partial charge in [-0.1, -0.05) is 27.7 Å². The molecule has 1 aliphatic carbocycles. The molecule has 2 rings (SSSR count). The van der Waals surface area contributed by atoms with Gasteiger partial charge in [-0.3, -0.25) is 10.1 Å². The number of non-ortho nitro benzene ring substituents is 1. The molecule has 0 bridgehead atoms. The summed E-state index contributed by atoms with van der Waals surface area (Å²) in [6, 6.07) is 3.77. The molecular formula is C13H17FN2O2. The lowest BCUT2D eigenvalue weighted by Crippen LogP contribution is -2.10. The molecule has 0 amide bonds. The Hall–Kier alpha value is -1.65. The molecule has 0 heterocycles. The molecule has 4 nitrogen and oxygen atoms in total. The van der Waals surface area contributed by atoms with Crippen LogP contribution >= 0.6 is 0 Å². The van der Waals surface area contributed by atoms with Crippen LogP contribution in [0, 0.1) is 26.8 Å². The minimum Gasteiger partial charge on any atom is -0.381 e. The Kier molecular flexibility index (Phi) is 2.61. The zero-order valence-electron chi connectivity index (χ0n) is 11.0. The van der Waals surface area contributed by atoms with Gasteiger partial charge < -0.3 is 5.32 Å². The number of nitrogens with one attached hydrogen (secondary N) is 1. The molecule has 0 unspecified atom stereocenters. The maximum absolute atomic E-state index is 13.3. The van der Waals surface area contributed by atoms with Crippen molar-refractivity contribution >= 4 is 11.4 Å². The van der Waals surface area contributed by atoms with Crippen LogP contribution in [0.2, 0.25) is 0 Å². The summed E-state index contributed by atoms with van der Waals surface area (Å²) in [5.41, 5.74) is 0.418. The SMILES string of the molecule is CC1(C)C(Nc2cc(F)cc([N+](=O)[O-])c2)C1(C)C. The Morgan fingerprint density at radius 3 is 2.22 bits per heavy atom. The van der Waals surface area contributed by atoms with Crippen LogP contribution in [-0.2, 0) is 0 Å². The molecule has 98 valence electrons. The summed E-state index contributed by atoms with van der Waals surface area (Å²) in [4.78, 5) is 10.1. The van der Waals surface area contributed by atoms with Gasteiger partial charge in [-0.25, -0.2) is 4.39 Å². The second-order valence-electron chi connectivity index (χ2n) is 5.98. The summed E-state index contributed by atoms with van der Waals surface area (Å²) in [6.07, 6.45) is 0. The van der Waals surface area contributed by atoms with Crippen LogP contribution in [0.1, 0.15) is 27.7 Å². The molecule has 1 fully saturated rings. The smallest absolute Gasteiger partial charge is 0.274 e. The fourth-order valence-electron chi connectivity index (χ4n) is 2.49. The zero-order valence-corrected chi connectivity index (χ0v) is 11.0. The van der Waals surface area contributed by atoms with Gasteiger partial charge in [0.2, 0.25) is 0 Å². The van der Waals surface area contributed by atoms with Gasteiger partial charge in [0.25, 0.3) is 5.69 Å². The maximum atomic E-state index is 13.3. The maximum Gasteiger partial charge on any atom is 0.274 e. The predicted molar refractivity (Wildman–Crippen MR) is 68.0 cm³/mol. The lowest BCUT2D eigenvalue weighted by Gasteiger charge is -2.08. The van der Waals surface area contributed by atoms with Gasteiger partial charge in [0.1, 0.15) is 5.82 Å². The molecule has 0 aliphatic heterocycles. The third-order valence-corrected chi connectivity index (χ3v) is 4.43. The van der Waals surface area contributed by atoms with E-state index in [9.17, 15) is 14.5 Å². The van der Waals surface area contributed by atoms with E-state index in [0.717, 1.165) is 6.07 Å². The number of nitro benzene ring substituents is 1. The van der Waals surface area contributed by atoms with Gasteiger partial charge in [-0.2, -0.15) is 0 Å². The summed E-state index contributed by atoms with van der Waals surface area (Å²) in [5.74, 6) is -0.594. The van der Waals surface area contributed by atoms with E-state index in [0.29, 0.717) is 5.69 Å². The Morgan fingerprint density at radius 2 is 1.78 bits per heavy atom. The molecule has 0 atom stereocenters. The Labute approximate surface area is 105 Å². The Bertz CT molecular complexity index is 498. The van der Waals surface area contributed by atoms with Gasteiger partial charge in [0.05, 0.1) is 11.0 Å². The van der Waals surface area contributed by atoms with Crippen molar-refractivity contribution in [3.05, 3.63) is 34.1 Å². The van der Waals surface area contributed by atoms with Crippen molar-refractivity contribution in [1.29, 1.82) is 0 Å². The first kappa shape index (κ1) is 12.8. The fourth-order valence-corrected chi connectivity index (χ4v) is 2.49. The Balaban J connectivity index is 2.24. The van der Waals surface area contributed by atoms with Gasteiger partial charge in [-0.15, -0.1) is 0 Å². The molecule has 0 radical (unpaired) electrons. The highest BCUT2D eigenvalue weighted by molar-refractivity contribution is 5.54. The van der Waals surface area contributed by atoms with E-state index in [-0.39, 0.29) is 22.6 Å². The number of halogens is 1. The summed E-state index contributed by atoms with van der Waals surface area (Å²) >= 11 is 0. The summed E-state index contributed by atoms with van der Waals surface area (Å²) in [6.45, 7) is 8.49. The van der Waals surface area contributed by atoms with Gasteiger partial charge in [0, 0.05) is 17.8 Å².